The molecule has 0 amide bonds. The number of aryl methyl sites for hydroxylation is 1. The lowest BCUT2D eigenvalue weighted by Crippen LogP contribution is -2.00. The number of imidazole rings is 1. The summed E-state index contributed by atoms with van der Waals surface area (Å²) in [7, 11) is 1.40. The van der Waals surface area contributed by atoms with Gasteiger partial charge in [-0.1, -0.05) is 11.6 Å². The van der Waals surface area contributed by atoms with Crippen molar-refractivity contribution in [2.24, 2.45) is 0 Å². The number of nitro groups is 1. The largest absolute Gasteiger partial charge is 0.496 e. The lowest BCUT2D eigenvalue weighted by molar-refractivity contribution is -0.384. The summed E-state index contributed by atoms with van der Waals surface area (Å²) in [5.41, 5.74) is 1.57. The first-order valence-corrected chi connectivity index (χ1v) is 7.53. The minimum atomic E-state index is -0.606. The number of nitro benzene ring substituents is 1. The van der Waals surface area contributed by atoms with Crippen molar-refractivity contribution in [3.63, 3.8) is 0 Å². The number of hydrogen-bond acceptors (Lipinski definition) is 6. The van der Waals surface area contributed by atoms with Crippen LogP contribution in [0, 0.1) is 17.0 Å². The monoisotopic (exact) mass is 360 g/mol. The van der Waals surface area contributed by atoms with E-state index >= 15 is 0 Å². The molecule has 0 atom stereocenters. The Labute approximate surface area is 147 Å². The number of benzene rings is 1. The van der Waals surface area contributed by atoms with Crippen LogP contribution in [0.3, 0.4) is 0 Å². The van der Waals surface area contributed by atoms with Gasteiger partial charge in [0.25, 0.3) is 5.69 Å². The zero-order chi connectivity index (χ0) is 18.1. The third-order valence-corrected chi connectivity index (χ3v) is 3.97. The number of pyridine rings is 1. The second-order valence-electron chi connectivity index (χ2n) is 5.18. The normalized spacial score (nSPS) is 10.7. The molecule has 25 heavy (non-hydrogen) atoms. The maximum absolute atomic E-state index is 11.2. The van der Waals surface area contributed by atoms with Crippen molar-refractivity contribution in [1.82, 2.24) is 14.7 Å². The molecule has 0 saturated heterocycles. The van der Waals surface area contributed by atoms with Gasteiger partial charge in [-0.05, 0) is 19.1 Å². The zero-order valence-electron chi connectivity index (χ0n) is 13.3. The van der Waals surface area contributed by atoms with Gasteiger partial charge in [0.15, 0.2) is 5.82 Å². The van der Waals surface area contributed by atoms with Gasteiger partial charge in [0.1, 0.15) is 16.5 Å². The van der Waals surface area contributed by atoms with Crippen LogP contribution < -0.4 is 4.74 Å². The molecule has 0 radical (unpaired) electrons. The van der Waals surface area contributed by atoms with Gasteiger partial charge in [-0.15, -0.1) is 0 Å². The second-order valence-corrected chi connectivity index (χ2v) is 5.59. The van der Waals surface area contributed by atoms with Crippen molar-refractivity contribution in [3.05, 3.63) is 57.5 Å². The van der Waals surface area contributed by atoms with Gasteiger partial charge in [0.2, 0.25) is 0 Å². The highest BCUT2D eigenvalue weighted by Crippen LogP contribution is 2.39. The minimum Gasteiger partial charge on any atom is -0.496 e. The standard InChI is InChI=1S/C16H13ClN4O4/c1-9-15(10-4-3-5-18-8-10)20(22)16(19-9)11-6-13(21(23)24)12(17)7-14(11)25-2/h3-8,22H,1-2H3. The van der Waals surface area contributed by atoms with E-state index in [0.29, 0.717) is 17.0 Å². The lowest BCUT2D eigenvalue weighted by atomic mass is 10.1. The molecule has 2 aromatic heterocycles. The van der Waals surface area contributed by atoms with Crippen LogP contribution in [0.5, 0.6) is 5.75 Å². The summed E-state index contributed by atoms with van der Waals surface area (Å²) < 4.78 is 6.10. The van der Waals surface area contributed by atoms with Crippen LogP contribution in [0.25, 0.3) is 22.6 Å². The third kappa shape index (κ3) is 2.87. The van der Waals surface area contributed by atoms with E-state index in [4.69, 9.17) is 16.3 Å². The summed E-state index contributed by atoms with van der Waals surface area (Å²) >= 11 is 5.92. The molecule has 1 aromatic carbocycles. The van der Waals surface area contributed by atoms with Gasteiger partial charge in [0, 0.05) is 30.1 Å². The lowest BCUT2D eigenvalue weighted by Gasteiger charge is -2.09. The summed E-state index contributed by atoms with van der Waals surface area (Å²) in [4.78, 5) is 18.9. The predicted molar refractivity (Wildman–Crippen MR) is 91.0 cm³/mol. The van der Waals surface area contributed by atoms with E-state index in [1.165, 1.54) is 19.2 Å². The number of nitrogens with zero attached hydrogens (tertiary/aromatic N) is 4. The van der Waals surface area contributed by atoms with Crippen molar-refractivity contribution in [2.75, 3.05) is 7.11 Å². The van der Waals surface area contributed by atoms with Crippen LogP contribution in [0.2, 0.25) is 5.02 Å². The first-order valence-electron chi connectivity index (χ1n) is 7.15. The van der Waals surface area contributed by atoms with Gasteiger partial charge in [0.05, 0.1) is 23.3 Å². The smallest absolute Gasteiger partial charge is 0.288 e. The molecule has 0 aliphatic carbocycles. The van der Waals surface area contributed by atoms with E-state index < -0.39 is 4.92 Å². The van der Waals surface area contributed by atoms with Crippen LogP contribution in [-0.2, 0) is 0 Å². The molecule has 0 unspecified atom stereocenters. The molecule has 3 aromatic rings. The molecule has 0 fully saturated rings. The van der Waals surface area contributed by atoms with Crippen molar-refractivity contribution >= 4 is 17.3 Å². The van der Waals surface area contributed by atoms with Gasteiger partial charge in [-0.25, -0.2) is 4.98 Å². The zero-order valence-corrected chi connectivity index (χ0v) is 14.1. The summed E-state index contributed by atoms with van der Waals surface area (Å²) in [6, 6.07) is 6.05. The first-order chi connectivity index (χ1) is 11.9. The topological polar surface area (TPSA) is 103 Å². The van der Waals surface area contributed by atoms with Crippen LogP contribution in [-0.4, -0.2) is 31.9 Å². The van der Waals surface area contributed by atoms with Gasteiger partial charge in [-0.2, -0.15) is 4.73 Å². The molecule has 8 nitrogen and oxygen atoms in total. The maximum Gasteiger partial charge on any atom is 0.288 e. The average Bonchev–Trinajstić information content (AvgIpc) is 2.89. The van der Waals surface area contributed by atoms with Crippen LogP contribution in [0.15, 0.2) is 36.7 Å². The first kappa shape index (κ1) is 16.7. The highest BCUT2D eigenvalue weighted by atomic mass is 35.5. The predicted octanol–water partition coefficient (Wildman–Crippen LogP) is 3.73. The molecule has 1 N–H and O–H groups in total. The van der Waals surface area contributed by atoms with E-state index in [-0.39, 0.29) is 27.8 Å². The molecule has 0 spiro atoms. The second kappa shape index (κ2) is 6.40. The fourth-order valence-corrected chi connectivity index (χ4v) is 2.78. The summed E-state index contributed by atoms with van der Waals surface area (Å²) in [5.74, 6) is 0.363. The minimum absolute atomic E-state index is 0.0640. The third-order valence-electron chi connectivity index (χ3n) is 3.67. The van der Waals surface area contributed by atoms with Crippen LogP contribution in [0.4, 0.5) is 5.69 Å². The van der Waals surface area contributed by atoms with E-state index in [0.717, 1.165) is 4.73 Å². The van der Waals surface area contributed by atoms with E-state index in [2.05, 4.69) is 9.97 Å². The SMILES string of the molecule is COc1cc(Cl)c([N+](=O)[O-])cc1-c1nc(C)c(-c2cccnc2)n1O. The molecule has 0 aliphatic rings. The number of halogens is 1. The van der Waals surface area contributed by atoms with Gasteiger partial charge < -0.3 is 9.94 Å². The Bertz CT molecular complexity index is 957. The molecule has 2 heterocycles. The fraction of sp³-hybridized carbons (Fsp3) is 0.125. The molecule has 0 bridgehead atoms. The van der Waals surface area contributed by atoms with Crippen molar-refractivity contribution in [3.8, 4) is 28.4 Å². The molecule has 9 heteroatoms. The van der Waals surface area contributed by atoms with Crippen molar-refractivity contribution in [2.45, 2.75) is 6.92 Å². The Kier molecular flexibility index (Phi) is 4.28. The highest BCUT2D eigenvalue weighted by Gasteiger charge is 2.24. The summed E-state index contributed by atoms with van der Waals surface area (Å²) in [6.07, 6.45) is 3.20. The van der Waals surface area contributed by atoms with E-state index in [1.807, 2.05) is 0 Å². The number of methoxy groups -OCH3 is 1. The van der Waals surface area contributed by atoms with Crippen LogP contribution in [0.1, 0.15) is 5.69 Å². The van der Waals surface area contributed by atoms with E-state index in [9.17, 15) is 15.3 Å². The number of rotatable bonds is 4. The Morgan fingerprint density at radius 1 is 1.40 bits per heavy atom. The average molecular weight is 361 g/mol. The fourth-order valence-electron chi connectivity index (χ4n) is 2.55. The summed E-state index contributed by atoms with van der Waals surface area (Å²) in [5, 5.41) is 21.7. The Morgan fingerprint density at radius 2 is 2.16 bits per heavy atom. The molecule has 0 aliphatic heterocycles. The number of aromatic nitrogens is 3. The molecule has 128 valence electrons. The van der Waals surface area contributed by atoms with E-state index in [1.54, 1.807) is 31.5 Å². The Morgan fingerprint density at radius 3 is 2.76 bits per heavy atom. The Hall–Kier alpha value is -3.13. The molecule has 0 saturated carbocycles. The maximum atomic E-state index is 11.2. The van der Waals surface area contributed by atoms with Crippen molar-refractivity contribution < 1.29 is 14.9 Å². The van der Waals surface area contributed by atoms with Crippen molar-refractivity contribution in [1.29, 1.82) is 0 Å². The van der Waals surface area contributed by atoms with Crippen LogP contribution >= 0.6 is 11.6 Å². The molecule has 3 rings (SSSR count). The Balaban J connectivity index is 2.24. The summed E-state index contributed by atoms with van der Waals surface area (Å²) in [6.45, 7) is 1.72. The highest BCUT2D eigenvalue weighted by molar-refractivity contribution is 6.33. The number of hydrogen-bond donors (Lipinski definition) is 1. The molecular formula is C16H13ClN4O4. The van der Waals surface area contributed by atoms with Gasteiger partial charge >= 0.3 is 0 Å². The number of ether oxygens (including phenoxy) is 1. The molecular weight excluding hydrogens is 348 g/mol. The quantitative estimate of drug-likeness (QED) is 0.432. The van der Waals surface area contributed by atoms with Gasteiger partial charge in [-0.3, -0.25) is 15.1 Å².